The largest absolute Gasteiger partial charge is 0.370 e. The number of hydrogen-bond acceptors (Lipinski definition) is 1. The Bertz CT molecular complexity index is 232. The molecule has 0 amide bonds. The van der Waals surface area contributed by atoms with Crippen LogP contribution >= 0.6 is 0 Å². The number of nitrogens with one attached hydrogen (secondary N) is 1. The molecule has 0 heterocycles. The molecule has 1 aliphatic rings. The maximum atomic E-state index is 5.84. The van der Waals surface area contributed by atoms with E-state index in [1.165, 1.54) is 25.7 Å². The third kappa shape index (κ3) is 4.54. The van der Waals surface area contributed by atoms with Gasteiger partial charge < -0.3 is 11.1 Å². The molecule has 1 aliphatic carbocycles. The number of rotatable bonds is 2. The number of nitrogens with two attached hydrogens (primary N) is 1. The van der Waals surface area contributed by atoms with Crippen molar-refractivity contribution in [2.24, 2.45) is 16.1 Å². The van der Waals surface area contributed by atoms with Gasteiger partial charge in [-0.05, 0) is 39.0 Å². The standard InChI is InChI=1S/C12H25N3/c1-11(2,3)15-10(13)14-9-12(4)7-5-6-8-12/h5-9H2,1-4H3,(H3,13,14,15). The molecule has 3 heteroatoms. The summed E-state index contributed by atoms with van der Waals surface area (Å²) in [5, 5.41) is 3.19. The number of nitrogens with zero attached hydrogens (tertiary/aromatic N) is 1. The van der Waals surface area contributed by atoms with Gasteiger partial charge in [-0.3, -0.25) is 4.99 Å². The van der Waals surface area contributed by atoms with Crippen LogP contribution in [0.25, 0.3) is 0 Å². The van der Waals surface area contributed by atoms with Crippen molar-refractivity contribution >= 4 is 5.96 Å². The topological polar surface area (TPSA) is 50.4 Å². The van der Waals surface area contributed by atoms with E-state index in [4.69, 9.17) is 5.73 Å². The first-order chi connectivity index (χ1) is 6.81. The fraction of sp³-hybridized carbons (Fsp3) is 0.917. The van der Waals surface area contributed by atoms with Crippen LogP contribution in [-0.4, -0.2) is 18.0 Å². The van der Waals surface area contributed by atoms with Crippen molar-refractivity contribution in [3.63, 3.8) is 0 Å². The fourth-order valence-corrected chi connectivity index (χ4v) is 2.09. The molecule has 1 fully saturated rings. The van der Waals surface area contributed by atoms with Gasteiger partial charge in [0.1, 0.15) is 0 Å². The molecular formula is C12H25N3. The maximum absolute atomic E-state index is 5.84. The Balaban J connectivity index is 2.43. The summed E-state index contributed by atoms with van der Waals surface area (Å²) in [5.41, 5.74) is 6.23. The Morgan fingerprint density at radius 1 is 1.33 bits per heavy atom. The minimum absolute atomic E-state index is 0.00413. The summed E-state index contributed by atoms with van der Waals surface area (Å²) in [6, 6.07) is 0. The van der Waals surface area contributed by atoms with Crippen LogP contribution in [-0.2, 0) is 0 Å². The van der Waals surface area contributed by atoms with Crippen molar-refractivity contribution < 1.29 is 0 Å². The molecule has 0 bridgehead atoms. The average Bonchev–Trinajstić information content (AvgIpc) is 2.47. The molecule has 88 valence electrons. The maximum Gasteiger partial charge on any atom is 0.189 e. The lowest BCUT2D eigenvalue weighted by atomic mass is 9.89. The summed E-state index contributed by atoms with van der Waals surface area (Å²) in [7, 11) is 0. The number of hydrogen-bond donors (Lipinski definition) is 2. The predicted octanol–water partition coefficient (Wildman–Crippen LogP) is 2.27. The van der Waals surface area contributed by atoms with Gasteiger partial charge in [-0.25, -0.2) is 0 Å². The molecule has 0 unspecified atom stereocenters. The first kappa shape index (κ1) is 12.3. The average molecular weight is 211 g/mol. The predicted molar refractivity (Wildman–Crippen MR) is 66.0 cm³/mol. The van der Waals surface area contributed by atoms with Crippen molar-refractivity contribution in [3.8, 4) is 0 Å². The van der Waals surface area contributed by atoms with Crippen LogP contribution in [0.5, 0.6) is 0 Å². The van der Waals surface area contributed by atoms with Crippen LogP contribution in [0.4, 0.5) is 0 Å². The lowest BCUT2D eigenvalue weighted by Gasteiger charge is -2.24. The lowest BCUT2D eigenvalue weighted by molar-refractivity contribution is 0.350. The quantitative estimate of drug-likeness (QED) is 0.544. The smallest absolute Gasteiger partial charge is 0.189 e. The number of guanidine groups is 1. The molecule has 0 radical (unpaired) electrons. The summed E-state index contributed by atoms with van der Waals surface area (Å²) in [4.78, 5) is 4.45. The Morgan fingerprint density at radius 2 is 1.87 bits per heavy atom. The summed E-state index contributed by atoms with van der Waals surface area (Å²) >= 11 is 0. The van der Waals surface area contributed by atoms with E-state index in [-0.39, 0.29) is 5.54 Å². The van der Waals surface area contributed by atoms with Crippen molar-refractivity contribution in [1.82, 2.24) is 5.32 Å². The number of aliphatic imine (C=N–C) groups is 1. The monoisotopic (exact) mass is 211 g/mol. The Hall–Kier alpha value is -0.730. The van der Waals surface area contributed by atoms with Crippen LogP contribution in [0, 0.1) is 5.41 Å². The zero-order valence-electron chi connectivity index (χ0n) is 10.6. The summed E-state index contributed by atoms with van der Waals surface area (Å²) in [6.07, 6.45) is 5.27. The molecule has 0 aromatic rings. The second-order valence-corrected chi connectivity index (χ2v) is 6.09. The van der Waals surface area contributed by atoms with Crippen molar-refractivity contribution in [2.75, 3.05) is 6.54 Å². The molecule has 1 rings (SSSR count). The summed E-state index contributed by atoms with van der Waals surface area (Å²) in [6.45, 7) is 9.45. The van der Waals surface area contributed by atoms with Crippen LogP contribution in [0.1, 0.15) is 53.4 Å². The Morgan fingerprint density at radius 3 is 2.33 bits per heavy atom. The summed E-state index contributed by atoms with van der Waals surface area (Å²) in [5.74, 6) is 0.579. The van der Waals surface area contributed by atoms with Crippen molar-refractivity contribution in [1.29, 1.82) is 0 Å². The van der Waals surface area contributed by atoms with E-state index in [9.17, 15) is 0 Å². The van der Waals surface area contributed by atoms with Gasteiger partial charge in [0.25, 0.3) is 0 Å². The van der Waals surface area contributed by atoms with Crippen LogP contribution in [0.15, 0.2) is 4.99 Å². The second kappa shape index (κ2) is 4.42. The third-order valence-electron chi connectivity index (χ3n) is 2.94. The molecule has 3 nitrogen and oxygen atoms in total. The van der Waals surface area contributed by atoms with E-state index in [1.807, 2.05) is 0 Å². The van der Waals surface area contributed by atoms with Gasteiger partial charge in [-0.2, -0.15) is 0 Å². The Labute approximate surface area is 93.5 Å². The zero-order chi connectivity index (χ0) is 11.5. The molecule has 0 spiro atoms. The van der Waals surface area contributed by atoms with E-state index >= 15 is 0 Å². The van der Waals surface area contributed by atoms with E-state index in [0.717, 1.165) is 6.54 Å². The van der Waals surface area contributed by atoms with Gasteiger partial charge in [-0.15, -0.1) is 0 Å². The minimum atomic E-state index is 0.00413. The minimum Gasteiger partial charge on any atom is -0.370 e. The van der Waals surface area contributed by atoms with Crippen LogP contribution in [0.3, 0.4) is 0 Å². The highest BCUT2D eigenvalue weighted by Gasteiger charge is 2.28. The van der Waals surface area contributed by atoms with Crippen LogP contribution < -0.4 is 11.1 Å². The first-order valence-corrected chi connectivity index (χ1v) is 5.89. The van der Waals surface area contributed by atoms with Gasteiger partial charge in [0.2, 0.25) is 0 Å². The highest BCUT2D eigenvalue weighted by Crippen LogP contribution is 2.37. The molecule has 15 heavy (non-hydrogen) atoms. The van der Waals surface area contributed by atoms with E-state index in [0.29, 0.717) is 11.4 Å². The van der Waals surface area contributed by atoms with E-state index in [2.05, 4.69) is 38.0 Å². The molecule has 0 atom stereocenters. The normalized spacial score (nSPS) is 21.7. The molecule has 0 aromatic carbocycles. The SMILES string of the molecule is CC1(CN=C(N)NC(C)(C)C)CCCC1. The van der Waals surface area contributed by atoms with Crippen LogP contribution in [0.2, 0.25) is 0 Å². The highest BCUT2D eigenvalue weighted by atomic mass is 15.1. The summed E-state index contributed by atoms with van der Waals surface area (Å²) < 4.78 is 0. The molecular weight excluding hydrogens is 186 g/mol. The lowest BCUT2D eigenvalue weighted by Crippen LogP contribution is -2.45. The third-order valence-corrected chi connectivity index (χ3v) is 2.94. The van der Waals surface area contributed by atoms with Gasteiger partial charge in [0, 0.05) is 12.1 Å². The molecule has 1 saturated carbocycles. The molecule has 0 aliphatic heterocycles. The molecule has 0 saturated heterocycles. The fourth-order valence-electron chi connectivity index (χ4n) is 2.09. The second-order valence-electron chi connectivity index (χ2n) is 6.09. The van der Waals surface area contributed by atoms with Crippen molar-refractivity contribution in [2.45, 2.75) is 58.9 Å². The van der Waals surface area contributed by atoms with E-state index in [1.54, 1.807) is 0 Å². The highest BCUT2D eigenvalue weighted by molar-refractivity contribution is 5.78. The molecule has 0 aromatic heterocycles. The Kier molecular flexibility index (Phi) is 3.63. The first-order valence-electron chi connectivity index (χ1n) is 5.89. The van der Waals surface area contributed by atoms with Gasteiger partial charge in [-0.1, -0.05) is 19.8 Å². The van der Waals surface area contributed by atoms with Gasteiger partial charge in [0.15, 0.2) is 5.96 Å². The van der Waals surface area contributed by atoms with Gasteiger partial charge >= 0.3 is 0 Å². The van der Waals surface area contributed by atoms with Gasteiger partial charge in [0.05, 0.1) is 0 Å². The molecule has 3 N–H and O–H groups in total. The zero-order valence-corrected chi connectivity index (χ0v) is 10.6. The van der Waals surface area contributed by atoms with E-state index < -0.39 is 0 Å². The van der Waals surface area contributed by atoms with Crippen molar-refractivity contribution in [3.05, 3.63) is 0 Å².